The Morgan fingerprint density at radius 1 is 1.08 bits per heavy atom. The maximum atomic E-state index is 13.5. The molecule has 5 rings (SSSR count). The summed E-state index contributed by atoms with van der Waals surface area (Å²) in [7, 11) is 3.50. The van der Waals surface area contributed by atoms with Gasteiger partial charge in [0.05, 0.1) is 44.1 Å². The topological polar surface area (TPSA) is 88.5 Å². The van der Waals surface area contributed by atoms with E-state index in [1.54, 1.807) is 31.4 Å². The first-order valence-electron chi connectivity index (χ1n) is 12.5. The van der Waals surface area contributed by atoms with Crippen LogP contribution in [0.25, 0.3) is 5.76 Å². The maximum absolute atomic E-state index is 13.5. The van der Waals surface area contributed by atoms with E-state index in [0.717, 1.165) is 11.3 Å². The van der Waals surface area contributed by atoms with Crippen LogP contribution in [0.3, 0.4) is 0 Å². The lowest BCUT2D eigenvalue weighted by Crippen LogP contribution is -2.29. The number of aliphatic hydroxyl groups excluding tert-OH is 1. The van der Waals surface area contributed by atoms with Gasteiger partial charge in [0.2, 0.25) is 0 Å². The lowest BCUT2D eigenvalue weighted by molar-refractivity contribution is -0.140. The van der Waals surface area contributed by atoms with Gasteiger partial charge in [0, 0.05) is 18.2 Å². The molecule has 1 fully saturated rings. The molecule has 0 bridgehead atoms. The number of benzene rings is 3. The van der Waals surface area contributed by atoms with Crippen LogP contribution in [0.4, 0.5) is 5.69 Å². The average Bonchev–Trinajstić information content (AvgIpc) is 3.18. The van der Waals surface area contributed by atoms with Crippen LogP contribution in [0.5, 0.6) is 17.2 Å². The number of amides is 1. The predicted molar refractivity (Wildman–Crippen MR) is 144 cm³/mol. The van der Waals surface area contributed by atoms with E-state index in [0.29, 0.717) is 48.1 Å². The molecule has 1 atom stereocenters. The largest absolute Gasteiger partial charge is 0.507 e. The first kappa shape index (κ1) is 25.2. The number of rotatable bonds is 7. The van der Waals surface area contributed by atoms with Crippen molar-refractivity contribution in [1.29, 1.82) is 0 Å². The van der Waals surface area contributed by atoms with Crippen molar-refractivity contribution in [2.45, 2.75) is 19.5 Å². The number of fused-ring (bicyclic) bond motifs is 1. The first-order valence-corrected chi connectivity index (χ1v) is 12.5. The number of hydrogen-bond donors (Lipinski definition) is 1. The smallest absolute Gasteiger partial charge is 0.295 e. The van der Waals surface area contributed by atoms with Gasteiger partial charge in [-0.15, -0.1) is 0 Å². The van der Waals surface area contributed by atoms with Crippen molar-refractivity contribution >= 4 is 23.1 Å². The van der Waals surface area contributed by atoms with Gasteiger partial charge in [-0.1, -0.05) is 30.3 Å². The van der Waals surface area contributed by atoms with Crippen LogP contribution in [0.2, 0.25) is 0 Å². The van der Waals surface area contributed by atoms with Crippen LogP contribution in [0, 0.1) is 0 Å². The summed E-state index contributed by atoms with van der Waals surface area (Å²) >= 11 is 0. The second-order valence-corrected chi connectivity index (χ2v) is 9.20. The molecule has 1 amide bonds. The van der Waals surface area contributed by atoms with Gasteiger partial charge in [0.1, 0.15) is 29.6 Å². The summed E-state index contributed by atoms with van der Waals surface area (Å²) in [4.78, 5) is 30.5. The zero-order valence-corrected chi connectivity index (χ0v) is 21.6. The summed E-state index contributed by atoms with van der Waals surface area (Å²) < 4.78 is 16.9. The summed E-state index contributed by atoms with van der Waals surface area (Å²) in [6.45, 7) is 3.74. The Morgan fingerprint density at radius 2 is 1.89 bits per heavy atom. The molecule has 2 aliphatic rings. The van der Waals surface area contributed by atoms with E-state index < -0.39 is 17.7 Å². The zero-order valence-electron chi connectivity index (χ0n) is 21.6. The number of methoxy groups -OCH3 is 1. The second-order valence-electron chi connectivity index (χ2n) is 9.20. The highest BCUT2D eigenvalue weighted by Gasteiger charge is 2.46. The van der Waals surface area contributed by atoms with Gasteiger partial charge < -0.3 is 29.1 Å². The normalized spacial score (nSPS) is 18.2. The third-order valence-corrected chi connectivity index (χ3v) is 6.89. The van der Waals surface area contributed by atoms with Gasteiger partial charge in [-0.05, 0) is 48.9 Å². The summed E-state index contributed by atoms with van der Waals surface area (Å²) in [6.07, 6.45) is 0. The third kappa shape index (κ3) is 4.53. The van der Waals surface area contributed by atoms with E-state index in [1.165, 1.54) is 4.90 Å². The zero-order chi connectivity index (χ0) is 26.8. The van der Waals surface area contributed by atoms with Crippen molar-refractivity contribution in [2.24, 2.45) is 0 Å². The van der Waals surface area contributed by atoms with E-state index in [2.05, 4.69) is 0 Å². The second kappa shape index (κ2) is 10.5. The number of para-hydroxylation sites is 1. The number of carbonyl (C=O) groups is 2. The van der Waals surface area contributed by atoms with Crippen molar-refractivity contribution in [3.05, 3.63) is 89.0 Å². The molecule has 0 aromatic heterocycles. The molecule has 3 aromatic rings. The number of likely N-dealkylation sites (N-methyl/N-ethyl adjacent to an activating group) is 1. The van der Waals surface area contributed by atoms with E-state index in [4.69, 9.17) is 14.2 Å². The highest BCUT2D eigenvalue weighted by Crippen LogP contribution is 2.43. The molecule has 1 saturated heterocycles. The molecular weight excluding hydrogens is 484 g/mol. The Morgan fingerprint density at radius 3 is 2.68 bits per heavy atom. The average molecular weight is 515 g/mol. The molecule has 2 aliphatic heterocycles. The quantitative estimate of drug-likeness (QED) is 0.281. The molecule has 2 heterocycles. The highest BCUT2D eigenvalue weighted by molar-refractivity contribution is 6.46. The van der Waals surface area contributed by atoms with E-state index in [9.17, 15) is 14.7 Å². The Kier molecular flexibility index (Phi) is 6.96. The van der Waals surface area contributed by atoms with Gasteiger partial charge >= 0.3 is 0 Å². The van der Waals surface area contributed by atoms with Gasteiger partial charge in [0.25, 0.3) is 11.7 Å². The van der Waals surface area contributed by atoms with Gasteiger partial charge in [-0.2, -0.15) is 0 Å². The fraction of sp³-hybridized carbons (Fsp3) is 0.267. The number of aliphatic hydroxyl groups is 1. The Balaban J connectivity index is 1.65. The van der Waals surface area contributed by atoms with Crippen molar-refractivity contribution in [1.82, 2.24) is 4.90 Å². The number of ketones is 1. The molecule has 0 radical (unpaired) electrons. The fourth-order valence-corrected chi connectivity index (χ4v) is 5.00. The molecule has 8 nitrogen and oxygen atoms in total. The molecule has 8 heteroatoms. The van der Waals surface area contributed by atoms with Crippen molar-refractivity contribution in [3.63, 3.8) is 0 Å². The molecule has 0 saturated carbocycles. The summed E-state index contributed by atoms with van der Waals surface area (Å²) in [5.41, 5.74) is 2.67. The number of ether oxygens (including phenoxy) is 3. The maximum Gasteiger partial charge on any atom is 0.295 e. The standard InChI is InChI=1S/C30H30N2O6/c1-4-37-22-10-7-9-19(16-22)27-26(28(33)20-12-13-25-23(17-20)31(2)14-15-38-25)29(34)30(35)32(27)18-21-8-5-6-11-24(21)36-3/h5-13,16-17,27,33H,4,14-15,18H2,1-3H3/b28-26-. The number of anilines is 1. The summed E-state index contributed by atoms with van der Waals surface area (Å²) in [5.74, 6) is 0.246. The molecular formula is C30H30N2O6. The molecule has 1 N–H and O–H groups in total. The van der Waals surface area contributed by atoms with Crippen molar-refractivity contribution < 1.29 is 28.9 Å². The van der Waals surface area contributed by atoms with Gasteiger partial charge in [-0.25, -0.2) is 0 Å². The number of nitrogens with zero attached hydrogens (tertiary/aromatic N) is 2. The molecule has 0 aliphatic carbocycles. The van der Waals surface area contributed by atoms with Crippen LogP contribution < -0.4 is 19.1 Å². The lowest BCUT2D eigenvalue weighted by atomic mass is 9.94. The first-order chi connectivity index (χ1) is 18.4. The Hall–Kier alpha value is -4.46. The van der Waals surface area contributed by atoms with Crippen LogP contribution in [0.1, 0.15) is 29.7 Å². The Bertz CT molecular complexity index is 1420. The van der Waals surface area contributed by atoms with E-state index >= 15 is 0 Å². The minimum atomic E-state index is -0.828. The van der Waals surface area contributed by atoms with Crippen LogP contribution in [-0.4, -0.2) is 55.6 Å². The number of likely N-dealkylation sites (tertiary alicyclic amines) is 1. The van der Waals surface area contributed by atoms with Gasteiger partial charge in [0.15, 0.2) is 0 Å². The molecule has 38 heavy (non-hydrogen) atoms. The minimum Gasteiger partial charge on any atom is -0.507 e. The monoisotopic (exact) mass is 514 g/mol. The number of hydrogen-bond acceptors (Lipinski definition) is 7. The minimum absolute atomic E-state index is 0.0258. The highest BCUT2D eigenvalue weighted by atomic mass is 16.5. The SMILES string of the molecule is CCOc1cccc(C2/C(=C(/O)c3ccc4c(c3)N(C)CCO4)C(=O)C(=O)N2Cc2ccccc2OC)c1. The number of Topliss-reactive ketones (excluding diaryl/α,β-unsaturated/α-hetero) is 1. The van der Waals surface area contributed by atoms with E-state index in [1.807, 2.05) is 61.3 Å². The molecule has 3 aromatic carbocycles. The van der Waals surface area contributed by atoms with Crippen LogP contribution in [0.15, 0.2) is 72.3 Å². The number of carbonyl (C=O) groups excluding carboxylic acids is 2. The van der Waals surface area contributed by atoms with Crippen LogP contribution >= 0.6 is 0 Å². The fourth-order valence-electron chi connectivity index (χ4n) is 5.00. The van der Waals surface area contributed by atoms with E-state index in [-0.39, 0.29) is 17.9 Å². The van der Waals surface area contributed by atoms with Crippen molar-refractivity contribution in [3.8, 4) is 17.2 Å². The summed E-state index contributed by atoms with van der Waals surface area (Å²) in [6, 6.07) is 19.1. The third-order valence-electron chi connectivity index (χ3n) is 6.89. The lowest BCUT2D eigenvalue weighted by Gasteiger charge is -2.28. The molecule has 196 valence electrons. The van der Waals surface area contributed by atoms with Gasteiger partial charge in [-0.3, -0.25) is 9.59 Å². The molecule has 0 spiro atoms. The molecule has 1 unspecified atom stereocenters. The summed E-state index contributed by atoms with van der Waals surface area (Å²) in [5, 5.41) is 11.5. The van der Waals surface area contributed by atoms with Crippen LogP contribution in [-0.2, 0) is 16.1 Å². The predicted octanol–water partition coefficient (Wildman–Crippen LogP) is 4.54. The van der Waals surface area contributed by atoms with Crippen molar-refractivity contribution in [2.75, 3.05) is 38.8 Å². The Labute approximate surface area is 221 Å².